The van der Waals surface area contributed by atoms with Gasteiger partial charge in [0.2, 0.25) is 15.9 Å². The number of hydrogen-bond acceptors (Lipinski definition) is 5. The summed E-state index contributed by atoms with van der Waals surface area (Å²) >= 11 is 11.6. The molecular weight excluding hydrogens is 425 g/mol. The van der Waals surface area contributed by atoms with Crippen molar-refractivity contribution < 1.29 is 17.6 Å². The molecule has 0 aliphatic heterocycles. The van der Waals surface area contributed by atoms with Gasteiger partial charge in [-0.15, -0.1) is 0 Å². The fraction of sp³-hybridized carbons (Fsp3) is 0.222. The van der Waals surface area contributed by atoms with Crippen molar-refractivity contribution in [3.05, 3.63) is 52.3 Å². The second kappa shape index (κ2) is 8.48. The number of nitrogens with zero attached hydrogens (tertiary/aromatic N) is 1. The van der Waals surface area contributed by atoms with E-state index in [0.29, 0.717) is 29.1 Å². The maximum Gasteiger partial charge on any atom is 0.240 e. The van der Waals surface area contributed by atoms with E-state index in [-0.39, 0.29) is 33.8 Å². The number of carbonyl (C=O) groups is 1. The average Bonchev–Trinajstić information content (AvgIpc) is 3.00. The highest BCUT2D eigenvalue weighted by Crippen LogP contribution is 2.24. The number of fused-ring (bicyclic) bond motifs is 1. The van der Waals surface area contributed by atoms with Gasteiger partial charge in [0, 0.05) is 25.6 Å². The number of aryl methyl sites for hydroxylation is 1. The van der Waals surface area contributed by atoms with E-state index in [9.17, 15) is 13.2 Å². The largest absolute Gasteiger partial charge is 0.441 e. The molecule has 0 unspecified atom stereocenters. The SMILES string of the molecule is Cc1nc2cc(NC(=O)CCCNS(=O)(=O)c3ccc(Cl)c(Cl)c3)ccc2o1. The second-order valence-corrected chi connectivity index (χ2v) is 8.62. The third-order valence-corrected chi connectivity index (χ3v) is 6.05. The van der Waals surface area contributed by atoms with E-state index in [4.69, 9.17) is 27.6 Å². The molecule has 0 radical (unpaired) electrons. The Morgan fingerprint density at radius 1 is 1.14 bits per heavy atom. The predicted molar refractivity (Wildman–Crippen MR) is 108 cm³/mol. The van der Waals surface area contributed by atoms with E-state index in [1.54, 1.807) is 25.1 Å². The van der Waals surface area contributed by atoms with Crippen LogP contribution in [-0.2, 0) is 14.8 Å². The van der Waals surface area contributed by atoms with Crippen LogP contribution in [0.15, 0.2) is 45.7 Å². The molecule has 0 aliphatic carbocycles. The Kier molecular flexibility index (Phi) is 6.24. The second-order valence-electron chi connectivity index (χ2n) is 6.04. The van der Waals surface area contributed by atoms with Crippen molar-refractivity contribution >= 4 is 55.9 Å². The molecule has 0 saturated heterocycles. The zero-order chi connectivity index (χ0) is 20.3. The summed E-state index contributed by atoms with van der Waals surface area (Å²) in [6.07, 6.45) is 0.484. The fourth-order valence-corrected chi connectivity index (χ4v) is 3.99. The van der Waals surface area contributed by atoms with Crippen LogP contribution in [0.25, 0.3) is 11.1 Å². The van der Waals surface area contributed by atoms with Crippen molar-refractivity contribution in [3.8, 4) is 0 Å². The number of oxazole rings is 1. The molecule has 3 aromatic rings. The summed E-state index contributed by atoms with van der Waals surface area (Å²) in [5.41, 5.74) is 1.90. The van der Waals surface area contributed by atoms with Gasteiger partial charge < -0.3 is 9.73 Å². The minimum absolute atomic E-state index is 0.0163. The van der Waals surface area contributed by atoms with E-state index in [1.165, 1.54) is 18.2 Å². The number of carbonyl (C=O) groups excluding carboxylic acids is 1. The third-order valence-electron chi connectivity index (χ3n) is 3.85. The lowest BCUT2D eigenvalue weighted by molar-refractivity contribution is -0.116. The monoisotopic (exact) mass is 441 g/mol. The molecule has 10 heteroatoms. The number of hydrogen-bond donors (Lipinski definition) is 2. The van der Waals surface area contributed by atoms with E-state index < -0.39 is 10.0 Å². The van der Waals surface area contributed by atoms with Gasteiger partial charge in [0.25, 0.3) is 0 Å². The number of halogens is 2. The Labute approximate surface area is 172 Å². The summed E-state index contributed by atoms with van der Waals surface area (Å²) in [7, 11) is -3.72. The average molecular weight is 442 g/mol. The number of amides is 1. The van der Waals surface area contributed by atoms with Gasteiger partial charge in [0.1, 0.15) is 5.52 Å². The molecule has 28 heavy (non-hydrogen) atoms. The summed E-state index contributed by atoms with van der Waals surface area (Å²) in [6, 6.07) is 9.23. The van der Waals surface area contributed by atoms with Crippen molar-refractivity contribution in [3.63, 3.8) is 0 Å². The lowest BCUT2D eigenvalue weighted by atomic mass is 10.2. The van der Waals surface area contributed by atoms with Gasteiger partial charge in [0.05, 0.1) is 14.9 Å². The Morgan fingerprint density at radius 3 is 2.68 bits per heavy atom. The molecule has 0 bridgehead atoms. The Morgan fingerprint density at radius 2 is 1.93 bits per heavy atom. The first-order valence-electron chi connectivity index (χ1n) is 8.36. The van der Waals surface area contributed by atoms with Crippen molar-refractivity contribution in [2.45, 2.75) is 24.7 Å². The maximum absolute atomic E-state index is 12.2. The Bertz CT molecular complexity index is 1130. The van der Waals surface area contributed by atoms with Crippen molar-refractivity contribution in [2.75, 3.05) is 11.9 Å². The topological polar surface area (TPSA) is 101 Å². The van der Waals surface area contributed by atoms with Gasteiger partial charge in [-0.1, -0.05) is 23.2 Å². The summed E-state index contributed by atoms with van der Waals surface area (Å²) in [4.78, 5) is 16.3. The lowest BCUT2D eigenvalue weighted by Crippen LogP contribution is -2.25. The van der Waals surface area contributed by atoms with Gasteiger partial charge in [-0.05, 0) is 42.8 Å². The number of sulfonamides is 1. The van der Waals surface area contributed by atoms with Crippen molar-refractivity contribution in [1.82, 2.24) is 9.71 Å². The smallest absolute Gasteiger partial charge is 0.240 e. The quantitative estimate of drug-likeness (QED) is 0.536. The highest BCUT2D eigenvalue weighted by molar-refractivity contribution is 7.89. The van der Waals surface area contributed by atoms with Crippen LogP contribution in [0.4, 0.5) is 5.69 Å². The molecule has 1 amide bonds. The molecule has 0 aliphatic rings. The first-order valence-corrected chi connectivity index (χ1v) is 10.6. The van der Waals surface area contributed by atoms with Gasteiger partial charge in [-0.3, -0.25) is 4.79 Å². The zero-order valence-electron chi connectivity index (χ0n) is 14.8. The standard InChI is InChI=1S/C18H17Cl2N3O4S/c1-11-22-16-9-12(4-7-17(16)27-11)23-18(24)3-2-8-21-28(25,26)13-5-6-14(19)15(20)10-13/h4-7,9-10,21H,2-3,8H2,1H3,(H,23,24). The van der Waals surface area contributed by atoms with Crippen LogP contribution in [0.3, 0.4) is 0 Å². The third kappa shape index (κ3) is 5.02. The molecule has 0 saturated carbocycles. The lowest BCUT2D eigenvalue weighted by Gasteiger charge is -2.08. The van der Waals surface area contributed by atoms with Gasteiger partial charge >= 0.3 is 0 Å². The normalized spacial score (nSPS) is 11.7. The molecule has 7 nitrogen and oxygen atoms in total. The molecule has 0 spiro atoms. The summed E-state index contributed by atoms with van der Waals surface area (Å²) in [6.45, 7) is 1.86. The molecule has 2 N–H and O–H groups in total. The molecule has 148 valence electrons. The Hall–Kier alpha value is -2.13. The predicted octanol–water partition coefficient (Wildman–Crippen LogP) is 4.14. The number of anilines is 1. The number of rotatable bonds is 7. The molecule has 2 aromatic carbocycles. The molecule has 0 atom stereocenters. The van der Waals surface area contributed by atoms with Crippen LogP contribution in [0.5, 0.6) is 0 Å². The fourth-order valence-electron chi connectivity index (χ4n) is 2.53. The van der Waals surface area contributed by atoms with Crippen LogP contribution in [0, 0.1) is 6.92 Å². The van der Waals surface area contributed by atoms with Gasteiger partial charge in [-0.2, -0.15) is 0 Å². The van der Waals surface area contributed by atoms with Crippen molar-refractivity contribution in [2.24, 2.45) is 0 Å². The summed E-state index contributed by atoms with van der Waals surface area (Å²) < 4.78 is 32.3. The van der Waals surface area contributed by atoms with Gasteiger partial charge in [-0.25, -0.2) is 18.1 Å². The Balaban J connectivity index is 1.49. The number of aromatic nitrogens is 1. The van der Waals surface area contributed by atoms with Crippen LogP contribution in [0.1, 0.15) is 18.7 Å². The number of nitrogens with one attached hydrogen (secondary N) is 2. The van der Waals surface area contributed by atoms with Crippen LogP contribution in [-0.4, -0.2) is 25.9 Å². The van der Waals surface area contributed by atoms with Crippen molar-refractivity contribution in [1.29, 1.82) is 0 Å². The molecule has 0 fully saturated rings. The van der Waals surface area contributed by atoms with E-state index in [2.05, 4.69) is 15.0 Å². The maximum atomic E-state index is 12.2. The first kappa shape index (κ1) is 20.6. The first-order chi connectivity index (χ1) is 13.2. The van der Waals surface area contributed by atoms with E-state index in [1.807, 2.05) is 0 Å². The van der Waals surface area contributed by atoms with E-state index >= 15 is 0 Å². The molecule has 3 rings (SSSR count). The molecule has 1 heterocycles. The molecular formula is C18H17Cl2N3O4S. The summed E-state index contributed by atoms with van der Waals surface area (Å²) in [5, 5.41) is 3.19. The summed E-state index contributed by atoms with van der Waals surface area (Å²) in [5.74, 6) is 0.320. The zero-order valence-corrected chi connectivity index (χ0v) is 17.2. The minimum Gasteiger partial charge on any atom is -0.441 e. The van der Waals surface area contributed by atoms with Crippen LogP contribution >= 0.6 is 23.2 Å². The van der Waals surface area contributed by atoms with Crippen LogP contribution < -0.4 is 10.0 Å². The number of benzene rings is 2. The van der Waals surface area contributed by atoms with Gasteiger partial charge in [0.15, 0.2) is 11.5 Å². The highest BCUT2D eigenvalue weighted by Gasteiger charge is 2.15. The highest BCUT2D eigenvalue weighted by atomic mass is 35.5. The minimum atomic E-state index is -3.72. The van der Waals surface area contributed by atoms with Crippen LogP contribution in [0.2, 0.25) is 10.0 Å². The molecule has 1 aromatic heterocycles. The van der Waals surface area contributed by atoms with E-state index in [0.717, 1.165) is 0 Å².